The van der Waals surface area contributed by atoms with E-state index in [4.69, 9.17) is 9.47 Å². The summed E-state index contributed by atoms with van der Waals surface area (Å²) in [6.45, 7) is 3.04. The lowest BCUT2D eigenvalue weighted by Gasteiger charge is -2.44. The van der Waals surface area contributed by atoms with E-state index in [1.807, 2.05) is 4.90 Å². The third-order valence-corrected chi connectivity index (χ3v) is 5.70. The number of amides is 1. The summed E-state index contributed by atoms with van der Waals surface area (Å²) in [7, 11) is 0. The molecule has 3 atom stereocenters. The van der Waals surface area contributed by atoms with Gasteiger partial charge in [0.25, 0.3) is 5.91 Å². The summed E-state index contributed by atoms with van der Waals surface area (Å²) in [6.07, 6.45) is 6.38. The highest BCUT2D eigenvalue weighted by Gasteiger charge is 2.47. The number of nitrogens with zero attached hydrogens (tertiary/aromatic N) is 2. The molecule has 4 rings (SSSR count). The maximum absolute atomic E-state index is 13.1. The molecule has 130 valence electrons. The van der Waals surface area contributed by atoms with Crippen molar-refractivity contribution in [2.24, 2.45) is 0 Å². The Morgan fingerprint density at radius 2 is 2.21 bits per heavy atom. The topological polar surface area (TPSA) is 60.8 Å². The van der Waals surface area contributed by atoms with Crippen molar-refractivity contribution in [1.82, 2.24) is 9.47 Å². The molecule has 3 aliphatic rings. The zero-order chi connectivity index (χ0) is 16.8. The number of ether oxygens (including phenoxy) is 2. The molecule has 1 amide bonds. The number of hydrogen-bond acceptors (Lipinski definition) is 4. The number of aromatic nitrogens is 1. The molecule has 0 radical (unpaired) electrons. The van der Waals surface area contributed by atoms with Gasteiger partial charge >= 0.3 is 0 Å². The fourth-order valence-corrected chi connectivity index (χ4v) is 4.38. The number of rotatable bonds is 4. The summed E-state index contributed by atoms with van der Waals surface area (Å²) in [6, 6.07) is 0.220. The fraction of sp³-hybridized carbons (Fsp3) is 0.647. The molecule has 2 bridgehead atoms. The monoisotopic (exact) mass is 396 g/mol. The van der Waals surface area contributed by atoms with Crippen LogP contribution in [0.25, 0.3) is 0 Å². The van der Waals surface area contributed by atoms with Crippen LogP contribution >= 0.6 is 15.9 Å². The minimum atomic E-state index is -0.258. The fourth-order valence-electron chi connectivity index (χ4n) is 3.96. The highest BCUT2D eigenvalue weighted by atomic mass is 79.9. The molecule has 7 heteroatoms. The number of halogens is 1. The predicted molar refractivity (Wildman–Crippen MR) is 91.3 cm³/mol. The number of carbonyl (C=O) groups excluding carboxylic acids is 1. The van der Waals surface area contributed by atoms with Gasteiger partial charge in [0.2, 0.25) is 5.43 Å². The van der Waals surface area contributed by atoms with E-state index in [0.29, 0.717) is 23.3 Å². The molecule has 0 spiro atoms. The van der Waals surface area contributed by atoms with E-state index in [9.17, 15) is 9.59 Å². The van der Waals surface area contributed by atoms with Crippen LogP contribution in [0.2, 0.25) is 0 Å². The van der Waals surface area contributed by atoms with Crippen molar-refractivity contribution >= 4 is 21.8 Å². The predicted octanol–water partition coefficient (Wildman–Crippen LogP) is 2.52. The second kappa shape index (κ2) is 6.19. The van der Waals surface area contributed by atoms with Crippen LogP contribution in [0.3, 0.4) is 0 Å². The van der Waals surface area contributed by atoms with Crippen molar-refractivity contribution < 1.29 is 14.3 Å². The van der Waals surface area contributed by atoms with Gasteiger partial charge in [-0.25, -0.2) is 0 Å². The third kappa shape index (κ3) is 2.49. The van der Waals surface area contributed by atoms with Crippen molar-refractivity contribution in [2.45, 2.75) is 63.9 Å². The van der Waals surface area contributed by atoms with Gasteiger partial charge in [-0.1, -0.05) is 13.3 Å². The molecule has 1 aliphatic carbocycles. The van der Waals surface area contributed by atoms with Crippen molar-refractivity contribution in [3.8, 4) is 5.75 Å². The first-order chi connectivity index (χ1) is 11.6. The van der Waals surface area contributed by atoms with Gasteiger partial charge in [0.05, 0.1) is 23.7 Å². The van der Waals surface area contributed by atoms with Crippen LogP contribution < -0.4 is 10.2 Å². The van der Waals surface area contributed by atoms with E-state index in [-0.39, 0.29) is 35.5 Å². The molecule has 6 nitrogen and oxygen atoms in total. The summed E-state index contributed by atoms with van der Waals surface area (Å²) < 4.78 is 14.0. The molecule has 0 aromatic carbocycles. The lowest BCUT2D eigenvalue weighted by Crippen LogP contribution is -2.57. The Labute approximate surface area is 148 Å². The van der Waals surface area contributed by atoms with E-state index in [2.05, 4.69) is 22.9 Å². The summed E-state index contributed by atoms with van der Waals surface area (Å²) in [5, 5.41) is 0. The van der Waals surface area contributed by atoms with E-state index in [1.54, 1.807) is 10.8 Å². The lowest BCUT2D eigenvalue weighted by atomic mass is 10.1. The Bertz CT molecular complexity index is 732. The Balaban J connectivity index is 1.76. The molecule has 3 heterocycles. The molecule has 2 aliphatic heterocycles. The van der Waals surface area contributed by atoms with E-state index in [0.717, 1.165) is 32.1 Å². The largest absolute Gasteiger partial charge is 0.487 e. The summed E-state index contributed by atoms with van der Waals surface area (Å²) in [5.74, 6) is 0.0223. The third-order valence-electron chi connectivity index (χ3n) is 5.14. The van der Waals surface area contributed by atoms with Gasteiger partial charge in [0, 0.05) is 12.2 Å². The van der Waals surface area contributed by atoms with Gasteiger partial charge < -0.3 is 18.9 Å². The Morgan fingerprint density at radius 3 is 3.00 bits per heavy atom. The molecule has 1 saturated carbocycles. The number of pyridine rings is 1. The van der Waals surface area contributed by atoms with Crippen LogP contribution in [0.1, 0.15) is 49.5 Å². The van der Waals surface area contributed by atoms with Crippen molar-refractivity contribution in [2.75, 3.05) is 6.61 Å². The summed E-state index contributed by atoms with van der Waals surface area (Å²) in [5.41, 5.74) is 0.107. The van der Waals surface area contributed by atoms with Gasteiger partial charge in [-0.3, -0.25) is 9.59 Å². The Kier molecular flexibility index (Phi) is 4.16. The molecule has 1 aromatic heterocycles. The zero-order valence-electron chi connectivity index (χ0n) is 13.7. The summed E-state index contributed by atoms with van der Waals surface area (Å²) >= 11 is 3.30. The van der Waals surface area contributed by atoms with Gasteiger partial charge in [-0.15, -0.1) is 0 Å². The van der Waals surface area contributed by atoms with Crippen LogP contribution in [0.4, 0.5) is 0 Å². The lowest BCUT2D eigenvalue weighted by molar-refractivity contribution is -0.132. The molecular formula is C17H21BrN2O4. The molecule has 2 fully saturated rings. The minimum Gasteiger partial charge on any atom is -0.487 e. The first-order valence-electron chi connectivity index (χ1n) is 8.64. The highest BCUT2D eigenvalue weighted by Crippen LogP contribution is 2.39. The molecule has 1 aromatic rings. The smallest absolute Gasteiger partial charge is 0.276 e. The summed E-state index contributed by atoms with van der Waals surface area (Å²) in [4.78, 5) is 27.5. The Morgan fingerprint density at radius 1 is 1.38 bits per heavy atom. The van der Waals surface area contributed by atoms with E-state index in [1.165, 1.54) is 0 Å². The molecule has 3 unspecified atom stereocenters. The van der Waals surface area contributed by atoms with Crippen LogP contribution in [-0.2, 0) is 11.3 Å². The number of unbranched alkanes of at least 4 members (excludes halogenated alkanes) is 1. The van der Waals surface area contributed by atoms with Gasteiger partial charge in [0.15, 0.2) is 17.7 Å². The van der Waals surface area contributed by atoms with E-state index < -0.39 is 0 Å². The standard InChI is InChI=1S/C17H21BrN2O4/c1-2-3-6-23-16-14-17(22)20-10-4-5-11(7-10)24-13(20)9-19(14)8-12(18)15(16)21/h8,10-11,13H,2-7,9H2,1H3. The average Bonchev–Trinajstić information content (AvgIpc) is 2.92. The number of fused-ring (bicyclic) bond motifs is 5. The van der Waals surface area contributed by atoms with Crippen molar-refractivity contribution in [3.05, 3.63) is 26.6 Å². The number of hydrogen-bond donors (Lipinski definition) is 0. The van der Waals surface area contributed by atoms with Crippen molar-refractivity contribution in [1.29, 1.82) is 0 Å². The second-order valence-electron chi connectivity index (χ2n) is 6.73. The van der Waals surface area contributed by atoms with Crippen molar-refractivity contribution in [3.63, 3.8) is 0 Å². The van der Waals surface area contributed by atoms with Crippen LogP contribution in [0.15, 0.2) is 15.5 Å². The quantitative estimate of drug-likeness (QED) is 0.733. The molecular weight excluding hydrogens is 376 g/mol. The van der Waals surface area contributed by atoms with Crippen LogP contribution in [0, 0.1) is 0 Å². The molecule has 24 heavy (non-hydrogen) atoms. The van der Waals surface area contributed by atoms with E-state index >= 15 is 0 Å². The van der Waals surface area contributed by atoms with Crippen LogP contribution in [-0.4, -0.2) is 40.4 Å². The Hall–Kier alpha value is -1.34. The SMILES string of the molecule is CCCCOc1c2n(cc(Br)c1=O)CC1OC3CCC(C3)N1C2=O. The first-order valence-corrected chi connectivity index (χ1v) is 9.43. The molecule has 0 N–H and O–H groups in total. The molecule has 1 saturated heterocycles. The maximum Gasteiger partial charge on any atom is 0.276 e. The zero-order valence-corrected chi connectivity index (χ0v) is 15.3. The average molecular weight is 397 g/mol. The minimum absolute atomic E-state index is 0.146. The number of carbonyl (C=O) groups is 1. The normalized spacial score (nSPS) is 27.8. The highest BCUT2D eigenvalue weighted by molar-refractivity contribution is 9.10. The van der Waals surface area contributed by atoms with Gasteiger partial charge in [0.1, 0.15) is 0 Å². The maximum atomic E-state index is 13.1. The second-order valence-corrected chi connectivity index (χ2v) is 7.58. The van der Waals surface area contributed by atoms with Crippen LogP contribution in [0.5, 0.6) is 5.75 Å². The van der Waals surface area contributed by atoms with Gasteiger partial charge in [-0.2, -0.15) is 0 Å². The first kappa shape index (κ1) is 16.1. The van der Waals surface area contributed by atoms with Gasteiger partial charge in [-0.05, 0) is 41.6 Å².